The fourth-order valence-corrected chi connectivity index (χ4v) is 5.08. The number of nitrogens with zero attached hydrogens (tertiary/aromatic N) is 5. The second-order valence-corrected chi connectivity index (χ2v) is 9.05. The summed E-state index contributed by atoms with van der Waals surface area (Å²) in [4.78, 5) is 41.6. The average Bonchev–Trinajstić information content (AvgIpc) is 3.07. The molecule has 0 saturated carbocycles. The fraction of sp³-hybridized carbons (Fsp3) is 0.333. The number of benzene rings is 1. The van der Waals surface area contributed by atoms with Crippen LogP contribution in [0.3, 0.4) is 0 Å². The Balaban J connectivity index is 1.35. The van der Waals surface area contributed by atoms with Gasteiger partial charge in [0.05, 0.1) is 12.2 Å². The van der Waals surface area contributed by atoms with Crippen molar-refractivity contribution in [1.29, 1.82) is 0 Å². The molecule has 7 heteroatoms. The van der Waals surface area contributed by atoms with E-state index in [4.69, 9.17) is 0 Å². The minimum atomic E-state index is -0.783. The van der Waals surface area contributed by atoms with Crippen molar-refractivity contribution >= 4 is 11.9 Å². The van der Waals surface area contributed by atoms with Crippen LogP contribution in [0.25, 0.3) is 0 Å². The van der Waals surface area contributed by atoms with E-state index in [1.165, 1.54) is 4.90 Å². The summed E-state index contributed by atoms with van der Waals surface area (Å²) in [5.74, 6) is -0.0769. The third-order valence-corrected chi connectivity index (χ3v) is 6.95. The minimum absolute atomic E-state index is 0.0769. The van der Waals surface area contributed by atoms with E-state index >= 15 is 0 Å². The number of hydrogen-bond acceptors (Lipinski definition) is 5. The number of rotatable bonds is 7. The molecule has 0 unspecified atom stereocenters. The Bertz CT molecular complexity index is 1120. The van der Waals surface area contributed by atoms with Gasteiger partial charge in [-0.2, -0.15) is 0 Å². The van der Waals surface area contributed by atoms with Crippen molar-refractivity contribution in [2.75, 3.05) is 19.6 Å². The summed E-state index contributed by atoms with van der Waals surface area (Å²) in [6.07, 6.45) is 7.20. The Kier molecular flexibility index (Phi) is 6.36. The predicted molar refractivity (Wildman–Crippen MR) is 129 cm³/mol. The number of carbonyl (C=O) groups excluding carboxylic acids is 2. The molecule has 4 heterocycles. The molecule has 7 nitrogen and oxygen atoms in total. The molecule has 2 aliphatic rings. The van der Waals surface area contributed by atoms with E-state index in [-0.39, 0.29) is 18.5 Å². The first-order valence-corrected chi connectivity index (χ1v) is 11.8. The van der Waals surface area contributed by atoms with Crippen LogP contribution in [-0.4, -0.2) is 61.8 Å². The van der Waals surface area contributed by atoms with E-state index in [1.807, 2.05) is 59.6 Å². The molecule has 0 radical (unpaired) electrons. The van der Waals surface area contributed by atoms with Gasteiger partial charge >= 0.3 is 6.03 Å². The number of carbonyl (C=O) groups is 2. The monoisotopic (exact) mass is 455 g/mol. The van der Waals surface area contributed by atoms with Crippen LogP contribution < -0.4 is 0 Å². The number of imide groups is 1. The third kappa shape index (κ3) is 4.43. The first kappa shape index (κ1) is 22.2. The average molecular weight is 456 g/mol. The first-order chi connectivity index (χ1) is 16.7. The van der Waals surface area contributed by atoms with Gasteiger partial charge in [-0.25, -0.2) is 4.79 Å². The van der Waals surface area contributed by atoms with E-state index in [0.717, 1.165) is 42.9 Å². The Hall–Kier alpha value is -3.58. The van der Waals surface area contributed by atoms with Gasteiger partial charge in [0.15, 0.2) is 0 Å². The summed E-state index contributed by atoms with van der Waals surface area (Å²) in [7, 11) is 0. The van der Waals surface area contributed by atoms with E-state index in [2.05, 4.69) is 27.0 Å². The van der Waals surface area contributed by atoms with Gasteiger partial charge in [-0.1, -0.05) is 42.5 Å². The lowest BCUT2D eigenvalue weighted by atomic mass is 9.85. The number of aromatic nitrogens is 2. The largest absolute Gasteiger partial charge is 0.328 e. The maximum atomic E-state index is 13.8. The van der Waals surface area contributed by atoms with Crippen LogP contribution in [0.4, 0.5) is 4.79 Å². The molecule has 3 amide bonds. The topological polar surface area (TPSA) is 69.6 Å². The zero-order chi connectivity index (χ0) is 23.4. The molecule has 3 aromatic rings. The quantitative estimate of drug-likeness (QED) is 0.510. The Labute approximate surface area is 200 Å². The Morgan fingerprint density at radius 1 is 0.824 bits per heavy atom. The summed E-state index contributed by atoms with van der Waals surface area (Å²) in [6.45, 7) is 3.03. The van der Waals surface area contributed by atoms with Gasteiger partial charge in [-0.3, -0.25) is 24.6 Å². The number of amides is 3. The molecule has 1 aromatic carbocycles. The lowest BCUT2D eigenvalue weighted by Crippen LogP contribution is -2.56. The smallest absolute Gasteiger partial charge is 0.309 e. The Morgan fingerprint density at radius 2 is 1.59 bits per heavy atom. The number of urea groups is 1. The van der Waals surface area contributed by atoms with Crippen molar-refractivity contribution in [1.82, 2.24) is 24.7 Å². The predicted octanol–water partition coefficient (Wildman–Crippen LogP) is 3.52. The SMILES string of the molecule is O=C1N(Cc2cccnc2)C(=O)C2(CCN(Cc3ccccn3)CC2)N1CCc1ccccc1. The van der Waals surface area contributed by atoms with Gasteiger partial charge < -0.3 is 4.90 Å². The van der Waals surface area contributed by atoms with Crippen LogP contribution in [0.2, 0.25) is 0 Å². The standard InChI is InChI=1S/C27H29N5O2/c33-25-27(12-17-30(18-13-27)21-24-10-4-5-15-29-24)32(16-11-22-7-2-1-3-8-22)26(34)31(25)20-23-9-6-14-28-19-23/h1-10,14-15,19H,11-13,16-18,20-21H2. The fourth-order valence-electron chi connectivity index (χ4n) is 5.08. The van der Waals surface area contributed by atoms with Gasteiger partial charge in [0, 0.05) is 44.8 Å². The third-order valence-electron chi connectivity index (χ3n) is 6.95. The second-order valence-electron chi connectivity index (χ2n) is 9.05. The van der Waals surface area contributed by atoms with Crippen molar-refractivity contribution in [2.45, 2.75) is 37.9 Å². The molecular formula is C27H29N5O2. The van der Waals surface area contributed by atoms with Crippen LogP contribution in [0.15, 0.2) is 79.3 Å². The molecule has 1 spiro atoms. The highest BCUT2D eigenvalue weighted by Crippen LogP contribution is 2.38. The summed E-state index contributed by atoms with van der Waals surface area (Å²) >= 11 is 0. The highest BCUT2D eigenvalue weighted by molar-refractivity contribution is 6.07. The van der Waals surface area contributed by atoms with Crippen molar-refractivity contribution in [3.8, 4) is 0 Å². The molecule has 0 bridgehead atoms. The molecule has 0 aliphatic carbocycles. The van der Waals surface area contributed by atoms with Crippen molar-refractivity contribution in [3.05, 3.63) is 96.1 Å². The lowest BCUT2D eigenvalue weighted by Gasteiger charge is -2.42. The van der Waals surface area contributed by atoms with E-state index in [9.17, 15) is 9.59 Å². The summed E-state index contributed by atoms with van der Waals surface area (Å²) < 4.78 is 0. The summed E-state index contributed by atoms with van der Waals surface area (Å²) in [6, 6.07) is 19.6. The number of likely N-dealkylation sites (tertiary alicyclic amines) is 1. The number of pyridine rings is 2. The summed E-state index contributed by atoms with van der Waals surface area (Å²) in [5.41, 5.74) is 2.26. The molecule has 5 rings (SSSR count). The summed E-state index contributed by atoms with van der Waals surface area (Å²) in [5, 5.41) is 0. The minimum Gasteiger partial charge on any atom is -0.309 e. The van der Waals surface area contributed by atoms with E-state index < -0.39 is 5.54 Å². The molecule has 0 N–H and O–H groups in total. The van der Waals surface area contributed by atoms with E-state index in [0.29, 0.717) is 19.4 Å². The number of hydrogen-bond donors (Lipinski definition) is 0. The van der Waals surface area contributed by atoms with Gasteiger partial charge in [-0.15, -0.1) is 0 Å². The highest BCUT2D eigenvalue weighted by Gasteiger charge is 2.57. The van der Waals surface area contributed by atoms with Gasteiger partial charge in [0.25, 0.3) is 5.91 Å². The zero-order valence-corrected chi connectivity index (χ0v) is 19.2. The second kappa shape index (κ2) is 9.73. The molecule has 0 atom stereocenters. The van der Waals surface area contributed by atoms with Crippen LogP contribution in [0, 0.1) is 0 Å². The van der Waals surface area contributed by atoms with Crippen molar-refractivity contribution < 1.29 is 9.59 Å². The molecule has 2 saturated heterocycles. The zero-order valence-electron chi connectivity index (χ0n) is 19.2. The van der Waals surface area contributed by atoms with Gasteiger partial charge in [0.1, 0.15) is 5.54 Å². The normalized spacial score (nSPS) is 18.1. The van der Waals surface area contributed by atoms with Crippen molar-refractivity contribution in [3.63, 3.8) is 0 Å². The molecule has 174 valence electrons. The molecule has 34 heavy (non-hydrogen) atoms. The van der Waals surface area contributed by atoms with E-state index in [1.54, 1.807) is 12.4 Å². The van der Waals surface area contributed by atoms with Crippen molar-refractivity contribution in [2.24, 2.45) is 0 Å². The molecule has 2 fully saturated rings. The highest BCUT2D eigenvalue weighted by atomic mass is 16.2. The van der Waals surface area contributed by atoms with Crippen LogP contribution in [0.5, 0.6) is 0 Å². The van der Waals surface area contributed by atoms with Gasteiger partial charge in [-0.05, 0) is 48.6 Å². The van der Waals surface area contributed by atoms with Crippen LogP contribution in [0.1, 0.15) is 29.7 Å². The lowest BCUT2D eigenvalue weighted by molar-refractivity contribution is -0.136. The maximum absolute atomic E-state index is 13.8. The number of piperidine rings is 1. The Morgan fingerprint density at radius 3 is 2.29 bits per heavy atom. The molecular weight excluding hydrogens is 426 g/mol. The molecule has 2 aliphatic heterocycles. The maximum Gasteiger partial charge on any atom is 0.328 e. The molecule has 2 aromatic heterocycles. The van der Waals surface area contributed by atoms with Gasteiger partial charge in [0.2, 0.25) is 0 Å². The van der Waals surface area contributed by atoms with Crippen LogP contribution >= 0.6 is 0 Å². The van der Waals surface area contributed by atoms with Crippen LogP contribution in [-0.2, 0) is 24.3 Å². The first-order valence-electron chi connectivity index (χ1n) is 11.8.